The van der Waals surface area contributed by atoms with E-state index in [2.05, 4.69) is 15.3 Å². The first-order valence-corrected chi connectivity index (χ1v) is 6.17. The largest absolute Gasteiger partial charge is 0.328 e. The predicted octanol–water partition coefficient (Wildman–Crippen LogP) is 1.82. The monoisotopic (exact) mass is 265 g/mol. The van der Waals surface area contributed by atoms with Crippen LogP contribution in [0.25, 0.3) is 5.82 Å². The molecule has 0 aliphatic heterocycles. The number of nitrogens with zero attached hydrogens (tertiary/aromatic N) is 4. The topological polar surface area (TPSA) is 69.6 Å². The molecule has 2 rings (SSSR count). The summed E-state index contributed by atoms with van der Waals surface area (Å²) in [5, 5.41) is 12.7. The predicted molar refractivity (Wildman–Crippen MR) is 71.0 cm³/mol. The fourth-order valence-corrected chi connectivity index (χ4v) is 2.04. The molecule has 0 aromatic carbocycles. The number of hydrogen-bond donors (Lipinski definition) is 1. The van der Waals surface area contributed by atoms with Crippen molar-refractivity contribution in [2.45, 2.75) is 33.2 Å². The molecule has 1 unspecified atom stereocenters. The molecule has 0 aliphatic carbocycles. The zero-order chi connectivity index (χ0) is 13.3. The van der Waals surface area contributed by atoms with Crippen molar-refractivity contribution in [3.05, 3.63) is 34.2 Å². The van der Waals surface area contributed by atoms with Crippen LogP contribution >= 0.6 is 11.6 Å². The first-order valence-electron chi connectivity index (χ1n) is 5.79. The molecular formula is C12H16ClN5. The lowest BCUT2D eigenvalue weighted by Crippen LogP contribution is -2.18. The standard InChI is InChI=1S/C12H16ClN5/c1-7(14)6-10-8(2)17-18(9(10)3)12-5-4-11(13)15-16-12/h4-5,7H,6,14H2,1-3H3. The van der Waals surface area contributed by atoms with Crippen LogP contribution < -0.4 is 5.73 Å². The van der Waals surface area contributed by atoms with E-state index in [0.29, 0.717) is 11.0 Å². The van der Waals surface area contributed by atoms with E-state index >= 15 is 0 Å². The van der Waals surface area contributed by atoms with Crippen LogP contribution in [-0.4, -0.2) is 26.0 Å². The molecule has 2 aromatic rings. The maximum atomic E-state index is 5.85. The van der Waals surface area contributed by atoms with Gasteiger partial charge in [0.15, 0.2) is 11.0 Å². The SMILES string of the molecule is Cc1nn(-c2ccc(Cl)nn2)c(C)c1CC(C)N. The van der Waals surface area contributed by atoms with Crippen LogP contribution in [0.15, 0.2) is 12.1 Å². The summed E-state index contributed by atoms with van der Waals surface area (Å²) in [6, 6.07) is 3.60. The minimum atomic E-state index is 0.108. The van der Waals surface area contributed by atoms with E-state index < -0.39 is 0 Å². The third-order valence-corrected chi connectivity index (χ3v) is 3.00. The average Bonchev–Trinajstić information content (AvgIpc) is 2.58. The van der Waals surface area contributed by atoms with Crippen molar-refractivity contribution >= 4 is 11.6 Å². The molecule has 5 nitrogen and oxygen atoms in total. The van der Waals surface area contributed by atoms with Gasteiger partial charge in [-0.15, -0.1) is 10.2 Å². The first kappa shape index (κ1) is 13.0. The highest BCUT2D eigenvalue weighted by Gasteiger charge is 2.14. The maximum Gasteiger partial charge on any atom is 0.176 e. The third-order valence-electron chi connectivity index (χ3n) is 2.80. The van der Waals surface area contributed by atoms with Crippen molar-refractivity contribution in [1.29, 1.82) is 0 Å². The molecule has 6 heteroatoms. The van der Waals surface area contributed by atoms with E-state index in [1.807, 2.05) is 20.8 Å². The highest BCUT2D eigenvalue weighted by Crippen LogP contribution is 2.18. The van der Waals surface area contributed by atoms with E-state index in [1.54, 1.807) is 16.8 Å². The molecule has 0 saturated carbocycles. The highest BCUT2D eigenvalue weighted by molar-refractivity contribution is 6.29. The lowest BCUT2D eigenvalue weighted by Gasteiger charge is -2.06. The van der Waals surface area contributed by atoms with Crippen molar-refractivity contribution in [2.75, 3.05) is 0 Å². The van der Waals surface area contributed by atoms with Gasteiger partial charge in [-0.2, -0.15) is 5.10 Å². The molecule has 96 valence electrons. The Hall–Kier alpha value is -1.46. The molecule has 0 fully saturated rings. The van der Waals surface area contributed by atoms with Crippen LogP contribution in [0.5, 0.6) is 0 Å². The Morgan fingerprint density at radius 1 is 1.33 bits per heavy atom. The lowest BCUT2D eigenvalue weighted by molar-refractivity contribution is 0.729. The smallest absolute Gasteiger partial charge is 0.176 e. The van der Waals surface area contributed by atoms with Crippen LogP contribution in [0.3, 0.4) is 0 Å². The summed E-state index contributed by atoms with van der Waals surface area (Å²) in [7, 11) is 0. The van der Waals surface area contributed by atoms with Crippen molar-refractivity contribution < 1.29 is 0 Å². The Balaban J connectivity index is 2.43. The van der Waals surface area contributed by atoms with Gasteiger partial charge in [-0.25, -0.2) is 4.68 Å². The van der Waals surface area contributed by atoms with Gasteiger partial charge in [-0.1, -0.05) is 11.6 Å². The molecule has 0 radical (unpaired) electrons. The summed E-state index contributed by atoms with van der Waals surface area (Å²) in [4.78, 5) is 0. The third kappa shape index (κ3) is 2.52. The molecule has 0 saturated heterocycles. The van der Waals surface area contributed by atoms with Crippen LogP contribution in [0.4, 0.5) is 0 Å². The minimum Gasteiger partial charge on any atom is -0.328 e. The van der Waals surface area contributed by atoms with Crippen LogP contribution in [0, 0.1) is 13.8 Å². The molecule has 0 amide bonds. The van der Waals surface area contributed by atoms with E-state index in [1.165, 1.54) is 5.56 Å². The van der Waals surface area contributed by atoms with Crippen molar-refractivity contribution in [3.8, 4) is 5.82 Å². The van der Waals surface area contributed by atoms with Crippen LogP contribution in [-0.2, 0) is 6.42 Å². The Bertz CT molecular complexity index is 544. The molecule has 0 aliphatic rings. The molecule has 2 heterocycles. The lowest BCUT2D eigenvalue weighted by atomic mass is 10.1. The fraction of sp³-hybridized carbons (Fsp3) is 0.417. The average molecular weight is 266 g/mol. The zero-order valence-electron chi connectivity index (χ0n) is 10.7. The molecule has 2 N–H and O–H groups in total. The molecule has 1 atom stereocenters. The number of hydrogen-bond acceptors (Lipinski definition) is 4. The quantitative estimate of drug-likeness (QED) is 0.919. The van der Waals surface area contributed by atoms with Gasteiger partial charge in [0.2, 0.25) is 0 Å². The molecule has 0 spiro atoms. The summed E-state index contributed by atoms with van der Waals surface area (Å²) in [5.41, 5.74) is 9.03. The number of halogens is 1. The maximum absolute atomic E-state index is 5.85. The van der Waals surface area contributed by atoms with Crippen molar-refractivity contribution in [3.63, 3.8) is 0 Å². The Kier molecular flexibility index (Phi) is 3.63. The fourth-order valence-electron chi connectivity index (χ4n) is 1.94. The van der Waals surface area contributed by atoms with Crippen molar-refractivity contribution in [1.82, 2.24) is 20.0 Å². The Morgan fingerprint density at radius 2 is 2.06 bits per heavy atom. The van der Waals surface area contributed by atoms with Gasteiger partial charge in [0.05, 0.1) is 5.69 Å². The molecule has 0 bridgehead atoms. The zero-order valence-corrected chi connectivity index (χ0v) is 11.4. The van der Waals surface area contributed by atoms with Gasteiger partial charge in [-0.05, 0) is 44.9 Å². The van der Waals surface area contributed by atoms with Gasteiger partial charge in [0.25, 0.3) is 0 Å². The van der Waals surface area contributed by atoms with Gasteiger partial charge in [-0.3, -0.25) is 0 Å². The number of rotatable bonds is 3. The van der Waals surface area contributed by atoms with Crippen molar-refractivity contribution in [2.24, 2.45) is 5.73 Å². The second-order valence-corrected chi connectivity index (χ2v) is 4.84. The molecule has 18 heavy (non-hydrogen) atoms. The minimum absolute atomic E-state index is 0.108. The van der Waals surface area contributed by atoms with Crippen LogP contribution in [0.1, 0.15) is 23.9 Å². The van der Waals surface area contributed by atoms with Gasteiger partial charge >= 0.3 is 0 Å². The molecular weight excluding hydrogens is 250 g/mol. The van der Waals surface area contributed by atoms with Gasteiger partial charge in [0.1, 0.15) is 0 Å². The summed E-state index contributed by atoms with van der Waals surface area (Å²) in [5.74, 6) is 0.663. The molecule has 2 aromatic heterocycles. The summed E-state index contributed by atoms with van der Waals surface area (Å²) in [6.45, 7) is 5.97. The summed E-state index contributed by atoms with van der Waals surface area (Å²) in [6.07, 6.45) is 0.804. The summed E-state index contributed by atoms with van der Waals surface area (Å²) < 4.78 is 1.77. The van der Waals surface area contributed by atoms with Gasteiger partial charge in [0, 0.05) is 11.7 Å². The number of aryl methyl sites for hydroxylation is 1. The van der Waals surface area contributed by atoms with Gasteiger partial charge < -0.3 is 5.73 Å². The summed E-state index contributed by atoms with van der Waals surface area (Å²) >= 11 is 5.72. The van der Waals surface area contributed by atoms with E-state index in [4.69, 9.17) is 17.3 Å². The van der Waals surface area contributed by atoms with Crippen LogP contribution in [0.2, 0.25) is 5.15 Å². The normalized spacial score (nSPS) is 12.7. The Morgan fingerprint density at radius 3 is 2.61 bits per heavy atom. The number of nitrogens with two attached hydrogens (primary N) is 1. The van der Waals surface area contributed by atoms with E-state index in [0.717, 1.165) is 17.8 Å². The first-order chi connectivity index (χ1) is 8.49. The highest BCUT2D eigenvalue weighted by atomic mass is 35.5. The number of aromatic nitrogens is 4. The second-order valence-electron chi connectivity index (χ2n) is 4.46. The Labute approximate surface area is 111 Å². The van der Waals surface area contributed by atoms with E-state index in [9.17, 15) is 0 Å². The van der Waals surface area contributed by atoms with E-state index in [-0.39, 0.29) is 6.04 Å². The second kappa shape index (κ2) is 5.04.